The Balaban J connectivity index is 2.09. The molecule has 0 bridgehead atoms. The lowest BCUT2D eigenvalue weighted by Crippen LogP contribution is -2.24. The minimum absolute atomic E-state index is 0.0311. The molecule has 164 valence electrons. The van der Waals surface area contributed by atoms with E-state index in [1.807, 2.05) is 26.0 Å². The van der Waals surface area contributed by atoms with E-state index in [-0.39, 0.29) is 18.2 Å². The maximum Gasteiger partial charge on any atom is 0.411 e. The average Bonchev–Trinajstić information content (AvgIpc) is 3.04. The summed E-state index contributed by atoms with van der Waals surface area (Å²) >= 11 is 0. The first-order chi connectivity index (χ1) is 14.8. The van der Waals surface area contributed by atoms with Crippen LogP contribution in [0, 0.1) is 25.2 Å². The highest BCUT2D eigenvalue weighted by atomic mass is 16.5. The van der Waals surface area contributed by atoms with E-state index >= 15 is 0 Å². The molecule has 0 saturated carbocycles. The number of carbonyl (C=O) groups excluding carboxylic acids is 2. The Labute approximate surface area is 182 Å². The molecule has 2 amide bonds. The van der Waals surface area contributed by atoms with Crippen molar-refractivity contribution < 1.29 is 19.1 Å². The number of nitrogens with one attached hydrogen (secondary N) is 2. The largest absolute Gasteiger partial charge is 0.453 e. The van der Waals surface area contributed by atoms with E-state index in [1.165, 1.54) is 7.11 Å². The summed E-state index contributed by atoms with van der Waals surface area (Å²) in [4.78, 5) is 23.8. The second-order valence-corrected chi connectivity index (χ2v) is 7.17. The smallest absolute Gasteiger partial charge is 0.411 e. The molecule has 2 N–H and O–H groups in total. The third-order valence-corrected chi connectivity index (χ3v) is 4.88. The third-order valence-electron chi connectivity index (χ3n) is 4.88. The molecule has 8 heteroatoms. The van der Waals surface area contributed by atoms with Gasteiger partial charge in [-0.15, -0.1) is 0 Å². The van der Waals surface area contributed by atoms with Gasteiger partial charge >= 0.3 is 6.09 Å². The maximum atomic E-state index is 12.5. The van der Waals surface area contributed by atoms with Crippen molar-refractivity contribution in [1.29, 1.82) is 5.26 Å². The Morgan fingerprint density at radius 3 is 2.48 bits per heavy atom. The maximum absolute atomic E-state index is 12.5. The first-order valence-corrected chi connectivity index (χ1v) is 9.82. The first kappa shape index (κ1) is 23.7. The standard InChI is InChI=1S/C23H28N4O4/c1-15-10-19(17(3)27(15)16(2)14-30-4)11-20(12-24)22(28)25-13-18-6-8-21(9-7-18)26-23(29)31-5/h6-11,16H,13-14H2,1-5H3,(H,25,28)(H,26,29)/b20-11-. The molecule has 0 aliphatic rings. The molecule has 0 aliphatic heterocycles. The fourth-order valence-electron chi connectivity index (χ4n) is 3.40. The predicted molar refractivity (Wildman–Crippen MR) is 118 cm³/mol. The van der Waals surface area contributed by atoms with Gasteiger partial charge in [-0.1, -0.05) is 12.1 Å². The normalized spacial score (nSPS) is 12.1. The third kappa shape index (κ3) is 6.20. The fraction of sp³-hybridized carbons (Fsp3) is 0.348. The van der Waals surface area contributed by atoms with Gasteiger partial charge in [0, 0.05) is 30.7 Å². The Kier molecular flexibility index (Phi) is 8.41. The number of nitriles is 1. The monoisotopic (exact) mass is 424 g/mol. The topological polar surface area (TPSA) is 105 Å². The zero-order valence-corrected chi connectivity index (χ0v) is 18.5. The summed E-state index contributed by atoms with van der Waals surface area (Å²) in [6, 6.07) is 11.0. The molecule has 0 aliphatic carbocycles. The number of benzene rings is 1. The summed E-state index contributed by atoms with van der Waals surface area (Å²) in [5.41, 5.74) is 4.27. The van der Waals surface area contributed by atoms with Crippen LogP contribution in [0.1, 0.15) is 35.5 Å². The van der Waals surface area contributed by atoms with Crippen LogP contribution in [0.2, 0.25) is 0 Å². The number of carbonyl (C=O) groups is 2. The van der Waals surface area contributed by atoms with Crippen LogP contribution >= 0.6 is 0 Å². The number of amides is 2. The van der Waals surface area contributed by atoms with Gasteiger partial charge in [-0.25, -0.2) is 4.79 Å². The number of anilines is 1. The molecule has 0 fully saturated rings. The quantitative estimate of drug-likeness (QED) is 0.496. The highest BCUT2D eigenvalue weighted by molar-refractivity contribution is 6.01. The van der Waals surface area contributed by atoms with Gasteiger partial charge in [-0.3, -0.25) is 10.1 Å². The van der Waals surface area contributed by atoms with Crippen LogP contribution in [0.15, 0.2) is 35.9 Å². The summed E-state index contributed by atoms with van der Waals surface area (Å²) < 4.78 is 11.9. The van der Waals surface area contributed by atoms with Crippen LogP contribution in [0.5, 0.6) is 0 Å². The van der Waals surface area contributed by atoms with E-state index in [1.54, 1.807) is 37.5 Å². The Morgan fingerprint density at radius 1 is 1.23 bits per heavy atom. The van der Waals surface area contributed by atoms with Crippen molar-refractivity contribution in [3.63, 3.8) is 0 Å². The van der Waals surface area contributed by atoms with Gasteiger partial charge in [0.2, 0.25) is 0 Å². The molecule has 2 rings (SSSR count). The number of methoxy groups -OCH3 is 2. The van der Waals surface area contributed by atoms with Crippen LogP contribution in [0.25, 0.3) is 6.08 Å². The SMILES string of the molecule is COCC(C)n1c(C)cc(/C=C(/C#N)C(=O)NCc2ccc(NC(=O)OC)cc2)c1C. The number of hydrogen-bond donors (Lipinski definition) is 2. The summed E-state index contributed by atoms with van der Waals surface area (Å²) in [5, 5.41) is 14.8. The summed E-state index contributed by atoms with van der Waals surface area (Å²) in [6.45, 7) is 6.82. The molecular formula is C23H28N4O4. The molecule has 1 atom stereocenters. The van der Waals surface area contributed by atoms with E-state index in [2.05, 4.69) is 26.9 Å². The second kappa shape index (κ2) is 11.0. The van der Waals surface area contributed by atoms with Gasteiger partial charge in [0.25, 0.3) is 5.91 Å². The van der Waals surface area contributed by atoms with Crippen molar-refractivity contribution >= 4 is 23.8 Å². The highest BCUT2D eigenvalue weighted by Gasteiger charge is 2.15. The van der Waals surface area contributed by atoms with Crippen LogP contribution in [-0.2, 0) is 20.8 Å². The summed E-state index contributed by atoms with van der Waals surface area (Å²) in [6.07, 6.45) is 1.05. The van der Waals surface area contributed by atoms with Crippen LogP contribution in [0.4, 0.5) is 10.5 Å². The number of aromatic nitrogens is 1. The van der Waals surface area contributed by atoms with Crippen molar-refractivity contribution in [2.75, 3.05) is 26.1 Å². The van der Waals surface area contributed by atoms with Gasteiger partial charge in [0.1, 0.15) is 11.6 Å². The van der Waals surface area contributed by atoms with E-state index in [4.69, 9.17) is 4.74 Å². The van der Waals surface area contributed by atoms with Crippen molar-refractivity contribution in [3.05, 3.63) is 58.4 Å². The zero-order chi connectivity index (χ0) is 23.0. The number of rotatable bonds is 8. The zero-order valence-electron chi connectivity index (χ0n) is 18.5. The predicted octanol–water partition coefficient (Wildman–Crippen LogP) is 3.71. The Morgan fingerprint density at radius 2 is 1.90 bits per heavy atom. The highest BCUT2D eigenvalue weighted by Crippen LogP contribution is 2.23. The second-order valence-electron chi connectivity index (χ2n) is 7.17. The van der Waals surface area contributed by atoms with Crippen molar-refractivity contribution in [1.82, 2.24) is 9.88 Å². The average molecular weight is 425 g/mol. The fourth-order valence-corrected chi connectivity index (χ4v) is 3.40. The minimum Gasteiger partial charge on any atom is -0.453 e. The summed E-state index contributed by atoms with van der Waals surface area (Å²) in [5.74, 6) is -0.450. The van der Waals surface area contributed by atoms with E-state index < -0.39 is 12.0 Å². The number of aryl methyl sites for hydroxylation is 1. The molecular weight excluding hydrogens is 396 g/mol. The first-order valence-electron chi connectivity index (χ1n) is 9.82. The lowest BCUT2D eigenvalue weighted by Gasteiger charge is -2.17. The van der Waals surface area contributed by atoms with Gasteiger partial charge in [-0.2, -0.15) is 5.26 Å². The minimum atomic E-state index is -0.555. The van der Waals surface area contributed by atoms with Gasteiger partial charge < -0.3 is 19.4 Å². The molecule has 8 nitrogen and oxygen atoms in total. The molecule has 0 radical (unpaired) electrons. The number of hydrogen-bond acceptors (Lipinski definition) is 5. The molecule has 31 heavy (non-hydrogen) atoms. The van der Waals surface area contributed by atoms with Crippen LogP contribution < -0.4 is 10.6 Å². The van der Waals surface area contributed by atoms with Gasteiger partial charge in [-0.05, 0) is 56.2 Å². The molecule has 2 aromatic rings. The molecule has 1 aromatic carbocycles. The number of nitrogens with zero attached hydrogens (tertiary/aromatic N) is 2. The summed E-state index contributed by atoms with van der Waals surface area (Å²) in [7, 11) is 2.95. The molecule has 1 heterocycles. The van der Waals surface area contributed by atoms with E-state index in [0.717, 1.165) is 22.5 Å². The van der Waals surface area contributed by atoms with E-state index in [0.29, 0.717) is 12.3 Å². The van der Waals surface area contributed by atoms with Gasteiger partial charge in [0.15, 0.2) is 0 Å². The van der Waals surface area contributed by atoms with Crippen molar-refractivity contribution in [2.45, 2.75) is 33.4 Å². The number of ether oxygens (including phenoxy) is 2. The van der Waals surface area contributed by atoms with Crippen molar-refractivity contribution in [3.8, 4) is 6.07 Å². The molecule has 1 aromatic heterocycles. The molecule has 1 unspecified atom stereocenters. The van der Waals surface area contributed by atoms with Crippen LogP contribution in [0.3, 0.4) is 0 Å². The van der Waals surface area contributed by atoms with Gasteiger partial charge in [0.05, 0.1) is 19.8 Å². The Bertz CT molecular complexity index is 1000. The van der Waals surface area contributed by atoms with Crippen LogP contribution in [-0.4, -0.2) is 37.4 Å². The van der Waals surface area contributed by atoms with E-state index in [9.17, 15) is 14.9 Å². The lowest BCUT2D eigenvalue weighted by atomic mass is 10.1. The lowest BCUT2D eigenvalue weighted by molar-refractivity contribution is -0.117. The molecule has 0 spiro atoms. The Hall–Kier alpha value is -3.57. The van der Waals surface area contributed by atoms with Crippen molar-refractivity contribution in [2.24, 2.45) is 0 Å². The molecule has 0 saturated heterocycles.